The number of nitrogens with one attached hydrogen (secondary N) is 2. The van der Waals surface area contributed by atoms with Gasteiger partial charge in [-0.2, -0.15) is 0 Å². The number of nitrogens with two attached hydrogens (primary N) is 2. The summed E-state index contributed by atoms with van der Waals surface area (Å²) in [5.74, 6) is -1.11. The molecule has 1 atom stereocenters. The molecule has 0 rings (SSSR count). The zero-order valence-corrected chi connectivity index (χ0v) is 11.9. The molecule has 0 aromatic heterocycles. The average molecular weight is 262 g/mol. The van der Waals surface area contributed by atoms with Gasteiger partial charge in [0.15, 0.2) is 5.96 Å². The Kier molecular flexibility index (Phi) is 10.2. The molecule has 0 amide bonds. The summed E-state index contributed by atoms with van der Waals surface area (Å²) in [5.41, 5.74) is 10.2. The van der Waals surface area contributed by atoms with E-state index in [4.69, 9.17) is 22.0 Å². The highest BCUT2D eigenvalue weighted by Gasteiger charge is 2.09. The maximum Gasteiger partial charge on any atom is 0.320 e. The van der Waals surface area contributed by atoms with Crippen molar-refractivity contribution in [1.82, 2.24) is 5.32 Å². The van der Waals surface area contributed by atoms with Crippen molar-refractivity contribution in [3.63, 3.8) is 0 Å². The van der Waals surface area contributed by atoms with E-state index in [0.717, 1.165) is 4.48 Å². The number of hydrogen-bond donors (Lipinski definition) is 5. The Morgan fingerprint density at radius 3 is 2.17 bits per heavy atom. The Balaban J connectivity index is 0. The molecule has 1 unspecified atom stereocenters. The molecule has 0 aromatic rings. The highest BCUT2D eigenvalue weighted by molar-refractivity contribution is 5.74. The summed E-state index contributed by atoms with van der Waals surface area (Å²) in [7, 11) is 6.54. The number of rotatable bonds is 6. The van der Waals surface area contributed by atoms with Crippen LogP contribution in [0.4, 0.5) is 0 Å². The quantitative estimate of drug-likeness (QED) is 0.189. The summed E-state index contributed by atoms with van der Waals surface area (Å²) in [6, 6.07) is -0.821. The summed E-state index contributed by atoms with van der Waals surface area (Å²) in [6.45, 7) is 3.87. The van der Waals surface area contributed by atoms with Gasteiger partial charge in [0.05, 0.1) is 27.7 Å². The van der Waals surface area contributed by atoms with Gasteiger partial charge in [0.1, 0.15) is 6.04 Å². The van der Waals surface area contributed by atoms with Crippen LogP contribution in [0.25, 0.3) is 0 Å². The molecule has 108 valence electrons. The first-order valence-electron chi connectivity index (χ1n) is 5.97. The third kappa shape index (κ3) is 17.1. The zero-order valence-electron chi connectivity index (χ0n) is 11.9. The average Bonchev–Trinajstić information content (AvgIpc) is 2.23. The molecule has 18 heavy (non-hydrogen) atoms. The molecule has 0 aliphatic heterocycles. The molecule has 0 aliphatic carbocycles. The lowest BCUT2D eigenvalue weighted by Gasteiger charge is -2.20. The van der Waals surface area contributed by atoms with Crippen LogP contribution in [0, 0.1) is 5.41 Å². The van der Waals surface area contributed by atoms with E-state index >= 15 is 0 Å². The highest BCUT2D eigenvalue weighted by Crippen LogP contribution is 1.92. The van der Waals surface area contributed by atoms with Crippen LogP contribution in [-0.2, 0) is 4.79 Å². The van der Waals surface area contributed by atoms with Crippen LogP contribution in [0.1, 0.15) is 19.8 Å². The van der Waals surface area contributed by atoms with Crippen molar-refractivity contribution in [1.29, 1.82) is 5.41 Å². The summed E-state index contributed by atoms with van der Waals surface area (Å²) < 4.78 is 1.07. The lowest BCUT2D eigenvalue weighted by atomic mass is 10.2. The van der Waals surface area contributed by atoms with Gasteiger partial charge >= 0.3 is 5.97 Å². The van der Waals surface area contributed by atoms with Crippen LogP contribution in [0.5, 0.6) is 0 Å². The normalized spacial score (nSPS) is 12.1. The fraction of sp³-hybridized carbons (Fsp3) is 0.818. The van der Waals surface area contributed by atoms with Gasteiger partial charge in [0.25, 0.3) is 0 Å². The molecule has 0 saturated heterocycles. The molecule has 0 spiro atoms. The second-order valence-corrected chi connectivity index (χ2v) is 5.03. The predicted octanol–water partition coefficient (Wildman–Crippen LogP) is -0.626. The number of carboxylic acid groups (broad SMARTS) is 1. The minimum atomic E-state index is -1.00. The maximum atomic E-state index is 10.2. The Labute approximate surface area is 109 Å². The molecule has 0 aromatic carbocycles. The van der Waals surface area contributed by atoms with E-state index in [9.17, 15) is 4.79 Å². The minimum Gasteiger partial charge on any atom is -0.480 e. The van der Waals surface area contributed by atoms with Crippen molar-refractivity contribution < 1.29 is 14.4 Å². The van der Waals surface area contributed by atoms with Crippen LogP contribution < -0.4 is 16.8 Å². The van der Waals surface area contributed by atoms with Crippen LogP contribution in [0.15, 0.2) is 0 Å². The smallest absolute Gasteiger partial charge is 0.320 e. The minimum absolute atomic E-state index is 0.112. The maximum absolute atomic E-state index is 10.2. The van der Waals surface area contributed by atoms with E-state index in [-0.39, 0.29) is 5.96 Å². The van der Waals surface area contributed by atoms with E-state index in [2.05, 4.69) is 33.4 Å². The van der Waals surface area contributed by atoms with Crippen molar-refractivity contribution >= 4 is 11.9 Å². The molecule has 0 radical (unpaired) electrons. The molecular formula is C11H28N5O2+. The predicted molar refractivity (Wildman–Crippen MR) is 73.3 cm³/mol. The Hall–Kier alpha value is -1.34. The second kappa shape index (κ2) is 9.67. The van der Waals surface area contributed by atoms with Crippen molar-refractivity contribution in [3.8, 4) is 0 Å². The van der Waals surface area contributed by atoms with E-state index in [1.807, 2.05) is 0 Å². The van der Waals surface area contributed by atoms with Gasteiger partial charge in [-0.1, -0.05) is 0 Å². The lowest BCUT2D eigenvalue weighted by molar-refractivity contribution is -0.868. The third-order valence-corrected chi connectivity index (χ3v) is 2.27. The SMILES string of the molecule is CC[N+](C)(C)C.N=C(N)NCCCC(N)C(=O)O. The molecule has 0 saturated carbocycles. The molecule has 7 heteroatoms. The molecule has 7 nitrogen and oxygen atoms in total. The lowest BCUT2D eigenvalue weighted by Crippen LogP contribution is -2.34. The number of carbonyl (C=O) groups is 1. The van der Waals surface area contributed by atoms with Gasteiger partial charge in [-0.25, -0.2) is 0 Å². The summed E-state index contributed by atoms with van der Waals surface area (Å²) >= 11 is 0. The van der Waals surface area contributed by atoms with Crippen LogP contribution in [-0.4, -0.2) is 61.8 Å². The first kappa shape index (κ1) is 19.0. The largest absolute Gasteiger partial charge is 0.480 e. The fourth-order valence-corrected chi connectivity index (χ4v) is 0.669. The number of guanidine groups is 1. The number of carboxylic acids is 1. The summed E-state index contributed by atoms with van der Waals surface area (Å²) in [6.07, 6.45) is 0.975. The van der Waals surface area contributed by atoms with Gasteiger partial charge in [0, 0.05) is 6.54 Å². The van der Waals surface area contributed by atoms with Gasteiger partial charge in [-0.05, 0) is 19.8 Å². The van der Waals surface area contributed by atoms with E-state index in [0.29, 0.717) is 19.4 Å². The Bertz CT molecular complexity index is 250. The van der Waals surface area contributed by atoms with Gasteiger partial charge in [-0.15, -0.1) is 0 Å². The van der Waals surface area contributed by atoms with Crippen molar-refractivity contribution in [2.24, 2.45) is 11.5 Å². The standard InChI is InChI=1S/C6H14N4O2.C5H14N/c7-4(5(11)12)2-1-3-10-6(8)9;1-5-6(2,3)4/h4H,1-3,7H2,(H,11,12)(H4,8,9,10);5H2,1-4H3/q;+1. The molecule has 0 fully saturated rings. The van der Waals surface area contributed by atoms with Crippen molar-refractivity contribution in [2.45, 2.75) is 25.8 Å². The number of hydrogen-bond acceptors (Lipinski definition) is 3. The van der Waals surface area contributed by atoms with Crippen molar-refractivity contribution in [2.75, 3.05) is 34.2 Å². The first-order chi connectivity index (χ1) is 8.10. The van der Waals surface area contributed by atoms with E-state index < -0.39 is 12.0 Å². The molecule has 7 N–H and O–H groups in total. The highest BCUT2D eigenvalue weighted by atomic mass is 16.4. The Morgan fingerprint density at radius 1 is 1.44 bits per heavy atom. The third-order valence-electron chi connectivity index (χ3n) is 2.27. The number of nitrogens with zero attached hydrogens (tertiary/aromatic N) is 1. The molecule has 0 bridgehead atoms. The van der Waals surface area contributed by atoms with E-state index in [1.165, 1.54) is 6.54 Å². The van der Waals surface area contributed by atoms with Gasteiger partial charge in [0.2, 0.25) is 0 Å². The fourth-order valence-electron chi connectivity index (χ4n) is 0.669. The second-order valence-electron chi connectivity index (χ2n) is 5.03. The van der Waals surface area contributed by atoms with Crippen LogP contribution >= 0.6 is 0 Å². The van der Waals surface area contributed by atoms with Gasteiger partial charge < -0.3 is 26.4 Å². The molecule has 0 heterocycles. The zero-order chi connectivity index (χ0) is 14.8. The van der Waals surface area contributed by atoms with Crippen LogP contribution in [0.3, 0.4) is 0 Å². The Morgan fingerprint density at radius 2 is 1.89 bits per heavy atom. The van der Waals surface area contributed by atoms with Crippen molar-refractivity contribution in [3.05, 3.63) is 0 Å². The molecular weight excluding hydrogens is 234 g/mol. The number of aliphatic carboxylic acids is 1. The monoisotopic (exact) mass is 262 g/mol. The van der Waals surface area contributed by atoms with Gasteiger partial charge in [-0.3, -0.25) is 10.2 Å². The first-order valence-corrected chi connectivity index (χ1v) is 5.97. The summed E-state index contributed by atoms with van der Waals surface area (Å²) in [4.78, 5) is 10.2. The molecule has 0 aliphatic rings. The number of quaternary nitrogens is 1. The van der Waals surface area contributed by atoms with Crippen LogP contribution in [0.2, 0.25) is 0 Å². The topological polar surface area (TPSA) is 125 Å². The van der Waals surface area contributed by atoms with E-state index in [1.54, 1.807) is 0 Å². The summed E-state index contributed by atoms with van der Waals surface area (Å²) in [5, 5.41) is 17.7.